The van der Waals surface area contributed by atoms with Crippen LogP contribution in [-0.4, -0.2) is 43.8 Å². The summed E-state index contributed by atoms with van der Waals surface area (Å²) < 4.78 is 28.8. The van der Waals surface area contributed by atoms with E-state index in [0.29, 0.717) is 16.5 Å². The van der Waals surface area contributed by atoms with Crippen molar-refractivity contribution in [2.75, 3.05) is 10.8 Å². The van der Waals surface area contributed by atoms with Crippen LogP contribution in [0.25, 0.3) is 0 Å². The van der Waals surface area contributed by atoms with Gasteiger partial charge >= 0.3 is 0 Å². The van der Waals surface area contributed by atoms with Gasteiger partial charge in [-0.15, -0.1) is 0 Å². The molecule has 7 nitrogen and oxygen atoms in total. The van der Waals surface area contributed by atoms with Gasteiger partial charge in [-0.3, -0.25) is 13.9 Å². The maximum Gasteiger partial charge on any atom is 0.264 e. The number of nitrogens with zero attached hydrogens (tertiary/aromatic N) is 2. The number of benzene rings is 3. The van der Waals surface area contributed by atoms with Gasteiger partial charge in [-0.25, -0.2) is 8.42 Å². The molecule has 3 rings (SSSR count). The molecular formula is C30H35Cl2N3O4S. The van der Waals surface area contributed by atoms with Crippen molar-refractivity contribution < 1.29 is 18.0 Å². The van der Waals surface area contributed by atoms with Crippen LogP contribution in [0.1, 0.15) is 44.7 Å². The average molecular weight is 605 g/mol. The summed E-state index contributed by atoms with van der Waals surface area (Å²) in [4.78, 5) is 28.8. The van der Waals surface area contributed by atoms with Crippen molar-refractivity contribution in [3.05, 3.63) is 94.0 Å². The molecule has 0 aliphatic rings. The first kappa shape index (κ1) is 31.5. The number of nitrogens with one attached hydrogen (secondary N) is 1. The third-order valence-corrected chi connectivity index (χ3v) is 8.91. The highest BCUT2D eigenvalue weighted by Gasteiger charge is 2.34. The molecule has 0 aliphatic heterocycles. The zero-order valence-electron chi connectivity index (χ0n) is 23.1. The number of aryl methyl sites for hydroxylation is 1. The Morgan fingerprint density at radius 2 is 1.55 bits per heavy atom. The molecule has 0 radical (unpaired) electrons. The molecule has 0 fully saturated rings. The van der Waals surface area contributed by atoms with Gasteiger partial charge in [-0.1, -0.05) is 72.9 Å². The Kier molecular flexibility index (Phi) is 11.0. The molecule has 2 amide bonds. The molecule has 0 saturated carbocycles. The maximum atomic E-state index is 14.1. The lowest BCUT2D eigenvalue weighted by molar-refractivity contribution is -0.140. The molecule has 40 heavy (non-hydrogen) atoms. The Bertz CT molecular complexity index is 1410. The first-order valence-corrected chi connectivity index (χ1v) is 15.3. The van der Waals surface area contributed by atoms with Crippen molar-refractivity contribution in [1.29, 1.82) is 0 Å². The number of carbonyl (C=O) groups is 2. The first-order chi connectivity index (χ1) is 19.0. The Morgan fingerprint density at radius 1 is 0.900 bits per heavy atom. The van der Waals surface area contributed by atoms with E-state index in [1.807, 2.05) is 27.7 Å². The van der Waals surface area contributed by atoms with Gasteiger partial charge in [0, 0.05) is 22.6 Å². The van der Waals surface area contributed by atoms with Crippen LogP contribution in [0.2, 0.25) is 10.0 Å². The highest BCUT2D eigenvalue weighted by molar-refractivity contribution is 7.92. The molecule has 0 bridgehead atoms. The fourth-order valence-electron chi connectivity index (χ4n) is 4.14. The summed E-state index contributed by atoms with van der Waals surface area (Å²) in [6.45, 7) is 7.10. The minimum Gasteiger partial charge on any atom is -0.352 e. The van der Waals surface area contributed by atoms with Crippen LogP contribution in [0, 0.1) is 6.92 Å². The molecule has 214 valence electrons. The molecule has 0 saturated heterocycles. The summed E-state index contributed by atoms with van der Waals surface area (Å²) in [6, 6.07) is 18.8. The van der Waals surface area contributed by atoms with Crippen LogP contribution < -0.4 is 9.62 Å². The number of hydrogen-bond donors (Lipinski definition) is 1. The van der Waals surface area contributed by atoms with Gasteiger partial charge in [0.2, 0.25) is 11.8 Å². The van der Waals surface area contributed by atoms with E-state index in [9.17, 15) is 18.0 Å². The largest absolute Gasteiger partial charge is 0.352 e. The normalized spacial score (nSPS) is 12.8. The second-order valence-electron chi connectivity index (χ2n) is 9.69. The number of halogens is 2. The summed E-state index contributed by atoms with van der Waals surface area (Å²) in [5.41, 5.74) is 1.89. The molecular weight excluding hydrogens is 569 g/mol. The third kappa shape index (κ3) is 7.99. The van der Waals surface area contributed by atoms with Crippen LogP contribution in [0.3, 0.4) is 0 Å². The van der Waals surface area contributed by atoms with Crippen molar-refractivity contribution in [3.8, 4) is 0 Å². The lowest BCUT2D eigenvalue weighted by Gasteiger charge is -2.33. The van der Waals surface area contributed by atoms with E-state index in [1.165, 1.54) is 23.1 Å². The number of sulfonamides is 1. The SMILES string of the molecule is CC[C@@H](C)NC(=O)[C@@H](CC)N(Cc1ccc(Cl)cc1)C(=O)CN(c1cccc(Cl)c1)S(=O)(=O)c1ccc(C)cc1. The maximum absolute atomic E-state index is 14.1. The van der Waals surface area contributed by atoms with E-state index in [2.05, 4.69) is 5.32 Å². The minimum absolute atomic E-state index is 0.0386. The Morgan fingerprint density at radius 3 is 2.12 bits per heavy atom. The van der Waals surface area contributed by atoms with Crippen LogP contribution in [0.5, 0.6) is 0 Å². The first-order valence-electron chi connectivity index (χ1n) is 13.2. The predicted octanol–water partition coefficient (Wildman–Crippen LogP) is 6.22. The van der Waals surface area contributed by atoms with E-state index < -0.39 is 28.5 Å². The van der Waals surface area contributed by atoms with Gasteiger partial charge in [0.25, 0.3) is 10.0 Å². The van der Waals surface area contributed by atoms with Gasteiger partial charge in [0.05, 0.1) is 10.6 Å². The summed E-state index contributed by atoms with van der Waals surface area (Å²) >= 11 is 12.3. The van der Waals surface area contributed by atoms with Crippen molar-refractivity contribution in [1.82, 2.24) is 10.2 Å². The summed E-state index contributed by atoms with van der Waals surface area (Å²) in [7, 11) is -4.16. The topological polar surface area (TPSA) is 86.8 Å². The van der Waals surface area contributed by atoms with E-state index in [4.69, 9.17) is 23.2 Å². The predicted molar refractivity (Wildman–Crippen MR) is 161 cm³/mol. The van der Waals surface area contributed by atoms with Gasteiger partial charge in [0.1, 0.15) is 12.6 Å². The number of carbonyl (C=O) groups excluding carboxylic acids is 2. The molecule has 10 heteroatoms. The van der Waals surface area contributed by atoms with Crippen LogP contribution in [0.15, 0.2) is 77.7 Å². The molecule has 0 aliphatic carbocycles. The quantitative estimate of drug-likeness (QED) is 0.266. The van der Waals surface area contributed by atoms with E-state index >= 15 is 0 Å². The molecule has 0 aromatic heterocycles. The minimum atomic E-state index is -4.16. The molecule has 0 spiro atoms. The second-order valence-corrected chi connectivity index (χ2v) is 12.4. The monoisotopic (exact) mass is 603 g/mol. The number of hydrogen-bond acceptors (Lipinski definition) is 4. The van der Waals surface area contributed by atoms with Crippen LogP contribution >= 0.6 is 23.2 Å². The highest BCUT2D eigenvalue weighted by Crippen LogP contribution is 2.27. The average Bonchev–Trinajstić information content (AvgIpc) is 2.92. The summed E-state index contributed by atoms with van der Waals surface area (Å²) in [6.07, 6.45) is 1.06. The van der Waals surface area contributed by atoms with Gasteiger partial charge < -0.3 is 10.2 Å². The van der Waals surface area contributed by atoms with Crippen molar-refractivity contribution >= 4 is 50.7 Å². The summed E-state index contributed by atoms with van der Waals surface area (Å²) in [5.74, 6) is -0.827. The fourth-order valence-corrected chi connectivity index (χ4v) is 5.86. The fraction of sp³-hybridized carbons (Fsp3) is 0.333. The molecule has 0 unspecified atom stereocenters. The molecule has 3 aromatic carbocycles. The lowest BCUT2D eigenvalue weighted by atomic mass is 10.1. The standard InChI is InChI=1S/C30H35Cl2N3O4S/c1-5-22(4)33-30(37)28(6-2)34(19-23-12-14-24(31)15-13-23)29(36)20-35(26-9-7-8-25(32)18-26)40(38,39)27-16-10-21(3)11-17-27/h7-18,22,28H,5-6,19-20H2,1-4H3,(H,33,37)/t22-,28-/m1/s1. The summed E-state index contributed by atoms with van der Waals surface area (Å²) in [5, 5.41) is 3.83. The van der Waals surface area contributed by atoms with E-state index in [-0.39, 0.29) is 29.1 Å². The Balaban J connectivity index is 2.05. The van der Waals surface area contributed by atoms with Gasteiger partial charge in [-0.05, 0) is 74.7 Å². The van der Waals surface area contributed by atoms with E-state index in [0.717, 1.165) is 21.9 Å². The van der Waals surface area contributed by atoms with Crippen molar-refractivity contribution in [3.63, 3.8) is 0 Å². The zero-order valence-corrected chi connectivity index (χ0v) is 25.4. The third-order valence-electron chi connectivity index (χ3n) is 6.64. The molecule has 1 N–H and O–H groups in total. The molecule has 0 heterocycles. The van der Waals surface area contributed by atoms with Crippen molar-refractivity contribution in [2.24, 2.45) is 0 Å². The molecule has 2 atom stereocenters. The van der Waals surface area contributed by atoms with Crippen LogP contribution in [0.4, 0.5) is 5.69 Å². The van der Waals surface area contributed by atoms with Gasteiger partial charge in [-0.2, -0.15) is 0 Å². The smallest absolute Gasteiger partial charge is 0.264 e. The van der Waals surface area contributed by atoms with Gasteiger partial charge in [0.15, 0.2) is 0 Å². The lowest BCUT2D eigenvalue weighted by Crippen LogP contribution is -2.53. The molecule has 3 aromatic rings. The second kappa shape index (κ2) is 14.0. The highest BCUT2D eigenvalue weighted by atomic mass is 35.5. The zero-order chi connectivity index (χ0) is 29.4. The Hall–Kier alpha value is -3.07. The van der Waals surface area contributed by atoms with E-state index in [1.54, 1.807) is 54.6 Å². The van der Waals surface area contributed by atoms with Crippen molar-refractivity contribution in [2.45, 2.75) is 64.1 Å². The van der Waals surface area contributed by atoms with Crippen LogP contribution in [-0.2, 0) is 26.2 Å². The number of rotatable bonds is 12. The number of amides is 2. The Labute approximate surface area is 247 Å². The number of anilines is 1.